The minimum absolute atomic E-state index is 0.538. The molecule has 1 rings (SSSR count). The minimum Gasteiger partial charge on any atom is -0.382 e. The standard InChI is InChI=1S/C12H21N/c1-5-11-8-6-7-10(4)12(11)13-9(2)3/h5,10,12-13H,2,6-8H2,1,3-4H3/b11-5-. The van der Waals surface area contributed by atoms with Crippen LogP contribution in [0.15, 0.2) is 23.9 Å². The van der Waals surface area contributed by atoms with E-state index in [9.17, 15) is 0 Å². The second kappa shape index (κ2) is 4.50. The topological polar surface area (TPSA) is 12.0 Å². The molecule has 0 amide bonds. The van der Waals surface area contributed by atoms with E-state index in [1.807, 2.05) is 6.92 Å². The van der Waals surface area contributed by atoms with E-state index in [-0.39, 0.29) is 0 Å². The van der Waals surface area contributed by atoms with E-state index < -0.39 is 0 Å². The van der Waals surface area contributed by atoms with Crippen molar-refractivity contribution in [3.63, 3.8) is 0 Å². The molecule has 0 heterocycles. The van der Waals surface area contributed by atoms with Gasteiger partial charge in [0, 0.05) is 11.7 Å². The van der Waals surface area contributed by atoms with Gasteiger partial charge >= 0.3 is 0 Å². The average molecular weight is 179 g/mol. The summed E-state index contributed by atoms with van der Waals surface area (Å²) in [4.78, 5) is 0. The summed E-state index contributed by atoms with van der Waals surface area (Å²) >= 11 is 0. The lowest BCUT2D eigenvalue weighted by Gasteiger charge is -2.33. The lowest BCUT2D eigenvalue weighted by molar-refractivity contribution is 0.363. The van der Waals surface area contributed by atoms with Gasteiger partial charge < -0.3 is 5.32 Å². The fourth-order valence-corrected chi connectivity index (χ4v) is 2.14. The summed E-state index contributed by atoms with van der Waals surface area (Å²) in [5.41, 5.74) is 2.64. The van der Waals surface area contributed by atoms with Crippen LogP contribution in [0.25, 0.3) is 0 Å². The Labute approximate surface area is 81.9 Å². The molecule has 0 aromatic heterocycles. The van der Waals surface area contributed by atoms with Crippen LogP contribution >= 0.6 is 0 Å². The van der Waals surface area contributed by atoms with Crippen molar-refractivity contribution in [3.05, 3.63) is 23.9 Å². The molecule has 2 unspecified atom stereocenters. The molecule has 1 N–H and O–H groups in total. The van der Waals surface area contributed by atoms with Gasteiger partial charge in [-0.25, -0.2) is 0 Å². The van der Waals surface area contributed by atoms with Crippen molar-refractivity contribution in [3.8, 4) is 0 Å². The Bertz CT molecular complexity index is 215. The van der Waals surface area contributed by atoms with Gasteiger partial charge in [-0.2, -0.15) is 0 Å². The molecule has 0 aromatic rings. The van der Waals surface area contributed by atoms with Gasteiger partial charge in [0.2, 0.25) is 0 Å². The molecule has 74 valence electrons. The van der Waals surface area contributed by atoms with Crippen molar-refractivity contribution in [2.75, 3.05) is 0 Å². The average Bonchev–Trinajstić information content (AvgIpc) is 2.08. The van der Waals surface area contributed by atoms with Crippen LogP contribution in [0, 0.1) is 5.92 Å². The van der Waals surface area contributed by atoms with E-state index >= 15 is 0 Å². The molecule has 0 aliphatic heterocycles. The van der Waals surface area contributed by atoms with Crippen LogP contribution in [0.2, 0.25) is 0 Å². The van der Waals surface area contributed by atoms with Crippen molar-refractivity contribution in [1.82, 2.24) is 5.32 Å². The van der Waals surface area contributed by atoms with Crippen LogP contribution < -0.4 is 5.32 Å². The zero-order valence-electron chi connectivity index (χ0n) is 9.06. The van der Waals surface area contributed by atoms with E-state index in [2.05, 4.69) is 31.8 Å². The van der Waals surface area contributed by atoms with Crippen LogP contribution in [0.4, 0.5) is 0 Å². The lowest BCUT2D eigenvalue weighted by Crippen LogP contribution is -2.37. The summed E-state index contributed by atoms with van der Waals surface area (Å²) < 4.78 is 0. The summed E-state index contributed by atoms with van der Waals surface area (Å²) in [6, 6.07) is 0.538. The first-order chi connectivity index (χ1) is 6.15. The molecule has 2 atom stereocenters. The maximum absolute atomic E-state index is 3.91. The summed E-state index contributed by atoms with van der Waals surface area (Å²) in [7, 11) is 0. The minimum atomic E-state index is 0.538. The predicted octanol–water partition coefficient (Wildman–Crippen LogP) is 3.24. The molecule has 13 heavy (non-hydrogen) atoms. The van der Waals surface area contributed by atoms with Gasteiger partial charge in [-0.3, -0.25) is 0 Å². The highest BCUT2D eigenvalue weighted by molar-refractivity contribution is 5.16. The molecule has 1 fully saturated rings. The Kier molecular flexibility index (Phi) is 3.58. The quantitative estimate of drug-likeness (QED) is 0.642. The Morgan fingerprint density at radius 3 is 2.85 bits per heavy atom. The largest absolute Gasteiger partial charge is 0.382 e. The molecular weight excluding hydrogens is 158 g/mol. The Balaban J connectivity index is 2.68. The predicted molar refractivity (Wildman–Crippen MR) is 58.5 cm³/mol. The van der Waals surface area contributed by atoms with Crippen LogP contribution in [0.1, 0.15) is 40.0 Å². The highest BCUT2D eigenvalue weighted by atomic mass is 14.9. The number of allylic oxidation sites excluding steroid dienone is 2. The van der Waals surface area contributed by atoms with Gasteiger partial charge in [-0.15, -0.1) is 0 Å². The van der Waals surface area contributed by atoms with Crippen molar-refractivity contribution < 1.29 is 0 Å². The second-order valence-electron chi connectivity index (χ2n) is 4.14. The molecule has 1 heteroatoms. The van der Waals surface area contributed by atoms with E-state index in [1.54, 1.807) is 5.57 Å². The number of rotatable bonds is 2. The van der Waals surface area contributed by atoms with E-state index in [0.717, 1.165) is 11.6 Å². The Hall–Kier alpha value is -0.720. The van der Waals surface area contributed by atoms with Crippen LogP contribution in [-0.2, 0) is 0 Å². The first-order valence-electron chi connectivity index (χ1n) is 5.22. The van der Waals surface area contributed by atoms with Gasteiger partial charge in [0.25, 0.3) is 0 Å². The van der Waals surface area contributed by atoms with E-state index in [0.29, 0.717) is 6.04 Å². The number of nitrogens with one attached hydrogen (secondary N) is 1. The third kappa shape index (κ3) is 2.61. The zero-order valence-corrected chi connectivity index (χ0v) is 9.06. The summed E-state index contributed by atoms with van der Waals surface area (Å²) in [5, 5.41) is 3.47. The van der Waals surface area contributed by atoms with Crippen molar-refractivity contribution in [1.29, 1.82) is 0 Å². The van der Waals surface area contributed by atoms with Crippen LogP contribution in [0.5, 0.6) is 0 Å². The third-order valence-corrected chi connectivity index (χ3v) is 2.87. The van der Waals surface area contributed by atoms with E-state index in [4.69, 9.17) is 0 Å². The maximum Gasteiger partial charge on any atom is 0.0495 e. The molecule has 1 aliphatic rings. The first kappa shape index (κ1) is 10.4. The smallest absolute Gasteiger partial charge is 0.0495 e. The summed E-state index contributed by atoms with van der Waals surface area (Å²) in [6.45, 7) is 10.4. The van der Waals surface area contributed by atoms with Gasteiger partial charge in [0.15, 0.2) is 0 Å². The monoisotopic (exact) mass is 179 g/mol. The zero-order chi connectivity index (χ0) is 9.84. The fraction of sp³-hybridized carbons (Fsp3) is 0.667. The van der Waals surface area contributed by atoms with Crippen molar-refractivity contribution in [2.45, 2.75) is 46.1 Å². The molecule has 0 aromatic carbocycles. The Morgan fingerprint density at radius 1 is 1.62 bits per heavy atom. The number of hydrogen-bond donors (Lipinski definition) is 1. The molecule has 0 spiro atoms. The molecule has 0 radical (unpaired) electrons. The molecule has 0 bridgehead atoms. The third-order valence-electron chi connectivity index (χ3n) is 2.87. The molecular formula is C12H21N. The second-order valence-corrected chi connectivity index (χ2v) is 4.14. The summed E-state index contributed by atoms with van der Waals surface area (Å²) in [6.07, 6.45) is 6.19. The number of hydrogen-bond acceptors (Lipinski definition) is 1. The van der Waals surface area contributed by atoms with Gasteiger partial charge in [0.05, 0.1) is 0 Å². The highest BCUT2D eigenvalue weighted by Crippen LogP contribution is 2.28. The van der Waals surface area contributed by atoms with Crippen molar-refractivity contribution in [2.24, 2.45) is 5.92 Å². The van der Waals surface area contributed by atoms with Crippen LogP contribution in [0.3, 0.4) is 0 Å². The van der Waals surface area contributed by atoms with Gasteiger partial charge in [-0.1, -0.05) is 25.2 Å². The first-order valence-corrected chi connectivity index (χ1v) is 5.22. The van der Waals surface area contributed by atoms with Gasteiger partial charge in [0.1, 0.15) is 0 Å². The molecule has 1 saturated carbocycles. The molecule has 0 saturated heterocycles. The van der Waals surface area contributed by atoms with Gasteiger partial charge in [-0.05, 0) is 39.0 Å². The lowest BCUT2D eigenvalue weighted by atomic mass is 9.81. The highest BCUT2D eigenvalue weighted by Gasteiger charge is 2.24. The molecule has 1 nitrogen and oxygen atoms in total. The van der Waals surface area contributed by atoms with Crippen LogP contribution in [-0.4, -0.2) is 6.04 Å². The Morgan fingerprint density at radius 2 is 2.31 bits per heavy atom. The molecule has 1 aliphatic carbocycles. The fourth-order valence-electron chi connectivity index (χ4n) is 2.14. The normalized spacial score (nSPS) is 31.8. The maximum atomic E-state index is 3.91. The summed E-state index contributed by atoms with van der Waals surface area (Å²) in [5.74, 6) is 0.747. The SMILES string of the molecule is C=C(C)NC1/C(=C\C)CCCC1C. The van der Waals surface area contributed by atoms with E-state index in [1.165, 1.54) is 19.3 Å². The van der Waals surface area contributed by atoms with Crippen molar-refractivity contribution >= 4 is 0 Å².